The molecule has 9 heteroatoms. The van der Waals surface area contributed by atoms with E-state index in [0.717, 1.165) is 5.56 Å². The Hall–Kier alpha value is -2.91. The summed E-state index contributed by atoms with van der Waals surface area (Å²) >= 11 is 0. The maximum absolute atomic E-state index is 11.4. The van der Waals surface area contributed by atoms with Crippen molar-refractivity contribution in [3.05, 3.63) is 41.7 Å². The molecule has 0 fully saturated rings. The number of H-pyrrole nitrogens is 1. The molecule has 2 aromatic heterocycles. The van der Waals surface area contributed by atoms with E-state index in [2.05, 4.69) is 20.3 Å². The van der Waals surface area contributed by atoms with E-state index in [1.54, 1.807) is 25.1 Å². The second kappa shape index (κ2) is 5.71. The molecule has 0 aliphatic carbocycles. The number of pyridine rings is 1. The summed E-state index contributed by atoms with van der Waals surface area (Å²) in [4.78, 5) is 22.6. The Morgan fingerprint density at radius 2 is 2.13 bits per heavy atom. The third-order valence-corrected chi connectivity index (χ3v) is 3.46. The predicted octanol–water partition coefficient (Wildman–Crippen LogP) is -0.211. The monoisotopic (exact) mass is 311 g/mol. The number of amides is 1. The van der Waals surface area contributed by atoms with Crippen LogP contribution < -0.4 is 16.6 Å². The summed E-state index contributed by atoms with van der Waals surface area (Å²) in [6.07, 6.45) is 1.48. The molecule has 0 saturated heterocycles. The van der Waals surface area contributed by atoms with Crippen LogP contribution in [-0.4, -0.2) is 38.0 Å². The molecule has 2 heterocycles. The maximum Gasteiger partial charge on any atom is 0.508 e. The minimum Gasteiger partial charge on any atom is -0.422 e. The number of imidazole rings is 1. The second-order valence-corrected chi connectivity index (χ2v) is 5.09. The number of benzene rings is 1. The van der Waals surface area contributed by atoms with Crippen molar-refractivity contribution in [3.8, 4) is 0 Å². The Labute approximate surface area is 131 Å². The third kappa shape index (κ3) is 2.87. The number of fused-ring (bicyclic) bond motifs is 1. The summed E-state index contributed by atoms with van der Waals surface area (Å²) in [7, 11) is -1.71. The van der Waals surface area contributed by atoms with Crippen LogP contribution in [0.4, 0.5) is 11.5 Å². The van der Waals surface area contributed by atoms with Gasteiger partial charge in [0.2, 0.25) is 5.91 Å². The first-order valence-corrected chi connectivity index (χ1v) is 6.83. The quantitative estimate of drug-likeness (QED) is 0.423. The summed E-state index contributed by atoms with van der Waals surface area (Å²) in [5.74, 6) is -0.185. The molecule has 0 spiro atoms. The van der Waals surface area contributed by atoms with Crippen LogP contribution in [0.5, 0.6) is 0 Å². The summed E-state index contributed by atoms with van der Waals surface area (Å²) in [6, 6.07) is 6.64. The fourth-order valence-electron chi connectivity index (χ4n) is 2.29. The molecule has 116 valence electrons. The second-order valence-electron chi connectivity index (χ2n) is 5.09. The Bertz CT molecular complexity index is 893. The number of rotatable bonds is 4. The van der Waals surface area contributed by atoms with Gasteiger partial charge in [0.05, 0.1) is 17.4 Å². The number of primary amides is 1. The van der Waals surface area contributed by atoms with Gasteiger partial charge in [-0.2, -0.15) is 0 Å². The third-order valence-electron chi connectivity index (χ3n) is 3.46. The van der Waals surface area contributed by atoms with Crippen LogP contribution in [0, 0.1) is 6.92 Å². The van der Waals surface area contributed by atoms with Gasteiger partial charge in [-0.15, -0.1) is 0 Å². The number of nitrogens with zero attached hydrogens (tertiary/aromatic N) is 2. The van der Waals surface area contributed by atoms with Crippen LogP contribution in [-0.2, 0) is 0 Å². The summed E-state index contributed by atoms with van der Waals surface area (Å²) in [5, 5.41) is 21.7. The number of nitrogens with one attached hydrogen (secondary N) is 2. The van der Waals surface area contributed by atoms with E-state index in [4.69, 9.17) is 5.73 Å². The zero-order valence-electron chi connectivity index (χ0n) is 12.2. The highest BCUT2D eigenvalue weighted by Gasteiger charge is 2.18. The number of nitrogens with two attached hydrogens (primary N) is 1. The first-order valence-electron chi connectivity index (χ1n) is 6.83. The van der Waals surface area contributed by atoms with Gasteiger partial charge in [-0.05, 0) is 30.7 Å². The molecule has 23 heavy (non-hydrogen) atoms. The zero-order valence-corrected chi connectivity index (χ0v) is 12.2. The van der Waals surface area contributed by atoms with Crippen molar-refractivity contribution >= 4 is 41.2 Å². The molecule has 3 rings (SSSR count). The van der Waals surface area contributed by atoms with E-state index in [1.807, 2.05) is 0 Å². The lowest BCUT2D eigenvalue weighted by molar-refractivity contribution is 0.0999. The molecule has 0 radical (unpaired) electrons. The number of aromatic amines is 1. The highest BCUT2D eigenvalue weighted by molar-refractivity contribution is 6.57. The minimum absolute atomic E-state index is 0.0755. The lowest BCUT2D eigenvalue weighted by Gasteiger charge is -2.10. The van der Waals surface area contributed by atoms with Crippen molar-refractivity contribution in [2.75, 3.05) is 5.32 Å². The van der Waals surface area contributed by atoms with Crippen LogP contribution in [0.2, 0.25) is 0 Å². The van der Waals surface area contributed by atoms with E-state index in [1.165, 1.54) is 12.4 Å². The van der Waals surface area contributed by atoms with Crippen molar-refractivity contribution < 1.29 is 14.8 Å². The van der Waals surface area contributed by atoms with Crippen LogP contribution in [0.1, 0.15) is 15.9 Å². The average Bonchev–Trinajstić information content (AvgIpc) is 2.97. The first-order chi connectivity index (χ1) is 11.0. The van der Waals surface area contributed by atoms with Crippen LogP contribution in [0.3, 0.4) is 0 Å². The Morgan fingerprint density at radius 1 is 1.35 bits per heavy atom. The highest BCUT2D eigenvalue weighted by atomic mass is 16.4. The van der Waals surface area contributed by atoms with E-state index in [-0.39, 0.29) is 5.59 Å². The molecule has 8 nitrogen and oxygen atoms in total. The molecule has 1 amide bonds. The number of carbonyl (C=O) groups excluding carboxylic acids is 1. The van der Waals surface area contributed by atoms with Crippen LogP contribution in [0.15, 0.2) is 30.6 Å². The van der Waals surface area contributed by atoms with Gasteiger partial charge < -0.3 is 26.1 Å². The molecule has 0 bridgehead atoms. The van der Waals surface area contributed by atoms with Gasteiger partial charge in [0.25, 0.3) is 0 Å². The van der Waals surface area contributed by atoms with Crippen molar-refractivity contribution in [2.45, 2.75) is 6.92 Å². The number of aromatic nitrogens is 3. The van der Waals surface area contributed by atoms with Gasteiger partial charge in [0.15, 0.2) is 5.82 Å². The molecular weight excluding hydrogens is 297 g/mol. The van der Waals surface area contributed by atoms with Gasteiger partial charge in [-0.25, -0.2) is 9.97 Å². The van der Waals surface area contributed by atoms with Gasteiger partial charge in [-0.3, -0.25) is 4.79 Å². The predicted molar refractivity (Wildman–Crippen MR) is 86.7 cm³/mol. The number of hydrogen-bond acceptors (Lipinski definition) is 6. The molecule has 0 aliphatic heterocycles. The first kappa shape index (κ1) is 15.0. The number of carbonyl (C=O) groups is 1. The minimum atomic E-state index is -1.71. The van der Waals surface area contributed by atoms with E-state index >= 15 is 0 Å². The molecule has 1 aromatic carbocycles. The SMILES string of the molecule is Cc1ccc(Nc2nc(B(O)O)cc3[nH]cnc23)cc1C(N)=O. The highest BCUT2D eigenvalue weighted by Crippen LogP contribution is 2.22. The van der Waals surface area contributed by atoms with Crippen LogP contribution >= 0.6 is 0 Å². The van der Waals surface area contributed by atoms with Gasteiger partial charge in [-0.1, -0.05) is 6.07 Å². The molecule has 0 aliphatic rings. The average molecular weight is 311 g/mol. The summed E-state index contributed by atoms with van der Waals surface area (Å²) < 4.78 is 0. The molecule has 0 saturated carbocycles. The van der Waals surface area contributed by atoms with E-state index in [9.17, 15) is 14.8 Å². The molecule has 0 atom stereocenters. The number of hydrogen-bond donors (Lipinski definition) is 5. The smallest absolute Gasteiger partial charge is 0.422 e. The van der Waals surface area contributed by atoms with Crippen molar-refractivity contribution in [1.29, 1.82) is 0 Å². The fourth-order valence-corrected chi connectivity index (χ4v) is 2.29. The lowest BCUT2D eigenvalue weighted by atomic mass is 9.85. The summed E-state index contributed by atoms with van der Waals surface area (Å²) in [5.41, 5.74) is 8.31. The van der Waals surface area contributed by atoms with E-state index in [0.29, 0.717) is 28.1 Å². The molecular formula is C14H14BN5O3. The van der Waals surface area contributed by atoms with Gasteiger partial charge >= 0.3 is 7.12 Å². The summed E-state index contributed by atoms with van der Waals surface area (Å²) in [6.45, 7) is 1.79. The Morgan fingerprint density at radius 3 is 2.83 bits per heavy atom. The van der Waals surface area contributed by atoms with Crippen molar-refractivity contribution in [1.82, 2.24) is 15.0 Å². The Balaban J connectivity index is 2.06. The Kier molecular flexibility index (Phi) is 3.72. The van der Waals surface area contributed by atoms with Crippen molar-refractivity contribution in [3.63, 3.8) is 0 Å². The number of anilines is 2. The molecule has 0 unspecified atom stereocenters. The largest absolute Gasteiger partial charge is 0.508 e. The molecule has 6 N–H and O–H groups in total. The lowest BCUT2D eigenvalue weighted by Crippen LogP contribution is -2.33. The standard InChI is InChI=1S/C14H14BN5O3/c1-7-2-3-8(4-9(7)13(16)21)19-14-12-10(17-6-18-12)5-11(20-14)15(22)23/h2-6,22-23H,1H3,(H2,16,21)(H,17,18)(H,19,20). The van der Waals surface area contributed by atoms with Crippen LogP contribution in [0.25, 0.3) is 11.0 Å². The van der Waals surface area contributed by atoms with E-state index < -0.39 is 13.0 Å². The maximum atomic E-state index is 11.4. The zero-order chi connectivity index (χ0) is 16.6. The van der Waals surface area contributed by atoms with Gasteiger partial charge in [0, 0.05) is 11.3 Å². The molecule has 3 aromatic rings. The number of aryl methyl sites for hydroxylation is 1. The topological polar surface area (TPSA) is 137 Å². The van der Waals surface area contributed by atoms with Crippen molar-refractivity contribution in [2.24, 2.45) is 5.73 Å². The fraction of sp³-hybridized carbons (Fsp3) is 0.0714. The van der Waals surface area contributed by atoms with Gasteiger partial charge in [0.1, 0.15) is 5.52 Å². The normalized spacial score (nSPS) is 10.7.